The Morgan fingerprint density at radius 1 is 1.07 bits per heavy atom. The Labute approximate surface area is 79.6 Å². The molecule has 1 nitrogen and oxygen atoms in total. The molecule has 0 amide bonds. The second kappa shape index (κ2) is 2.94. The fraction of sp³-hybridized carbons (Fsp3) is 0.0909. The van der Waals surface area contributed by atoms with Crippen molar-refractivity contribution in [2.24, 2.45) is 0 Å². The molecule has 0 atom stereocenters. The normalized spacial score (nSPS) is 10.8. The van der Waals surface area contributed by atoms with Gasteiger partial charge >= 0.3 is 0 Å². The van der Waals surface area contributed by atoms with Gasteiger partial charge in [-0.25, -0.2) is 8.78 Å². The molecule has 2 rings (SSSR count). The molecule has 0 aliphatic rings. The van der Waals surface area contributed by atoms with Crippen molar-refractivity contribution in [3.05, 3.63) is 41.5 Å². The van der Waals surface area contributed by atoms with Gasteiger partial charge < -0.3 is 5.11 Å². The minimum Gasteiger partial charge on any atom is -0.508 e. The van der Waals surface area contributed by atoms with Crippen LogP contribution in [0.1, 0.15) is 5.56 Å². The molecule has 72 valence electrons. The third kappa shape index (κ3) is 1.21. The Morgan fingerprint density at radius 2 is 1.79 bits per heavy atom. The second-order valence-electron chi connectivity index (χ2n) is 3.22. The number of benzene rings is 2. The number of fused-ring (bicyclic) bond motifs is 1. The van der Waals surface area contributed by atoms with Crippen LogP contribution in [-0.4, -0.2) is 5.11 Å². The Morgan fingerprint density at radius 3 is 2.50 bits per heavy atom. The van der Waals surface area contributed by atoms with Crippen molar-refractivity contribution in [1.29, 1.82) is 0 Å². The molecular formula is C11H8F2O. The average molecular weight is 194 g/mol. The van der Waals surface area contributed by atoms with Gasteiger partial charge in [0.25, 0.3) is 0 Å². The van der Waals surface area contributed by atoms with E-state index in [2.05, 4.69) is 0 Å². The molecule has 2 aromatic rings. The fourth-order valence-electron chi connectivity index (χ4n) is 1.54. The third-order valence-electron chi connectivity index (χ3n) is 2.21. The summed E-state index contributed by atoms with van der Waals surface area (Å²) >= 11 is 0. The summed E-state index contributed by atoms with van der Waals surface area (Å²) in [7, 11) is 0. The topological polar surface area (TPSA) is 20.2 Å². The molecule has 0 aromatic heterocycles. The molecule has 14 heavy (non-hydrogen) atoms. The highest BCUT2D eigenvalue weighted by molar-refractivity contribution is 5.87. The maximum atomic E-state index is 13.3. The number of halogens is 2. The average Bonchev–Trinajstić information content (AvgIpc) is 2.12. The van der Waals surface area contributed by atoms with Crippen LogP contribution in [0.4, 0.5) is 8.78 Å². The number of phenols is 1. The molecule has 0 heterocycles. The van der Waals surface area contributed by atoms with E-state index in [1.165, 1.54) is 18.2 Å². The molecule has 3 heteroatoms. The van der Waals surface area contributed by atoms with Crippen LogP contribution in [0.25, 0.3) is 10.8 Å². The smallest absolute Gasteiger partial charge is 0.166 e. The second-order valence-corrected chi connectivity index (χ2v) is 3.22. The predicted molar refractivity (Wildman–Crippen MR) is 50.3 cm³/mol. The van der Waals surface area contributed by atoms with Gasteiger partial charge in [-0.2, -0.15) is 0 Å². The van der Waals surface area contributed by atoms with Crippen molar-refractivity contribution >= 4 is 10.8 Å². The van der Waals surface area contributed by atoms with E-state index in [1.54, 1.807) is 6.92 Å². The van der Waals surface area contributed by atoms with Crippen molar-refractivity contribution < 1.29 is 13.9 Å². The maximum absolute atomic E-state index is 13.3. The molecule has 2 aromatic carbocycles. The first-order chi connectivity index (χ1) is 6.59. The van der Waals surface area contributed by atoms with Gasteiger partial charge in [0.2, 0.25) is 0 Å². The summed E-state index contributed by atoms with van der Waals surface area (Å²) in [4.78, 5) is 0. The number of rotatable bonds is 0. The summed E-state index contributed by atoms with van der Waals surface area (Å²) in [5, 5.41) is 9.96. The quantitative estimate of drug-likeness (QED) is 0.683. The highest BCUT2D eigenvalue weighted by Gasteiger charge is 2.09. The lowest BCUT2D eigenvalue weighted by Gasteiger charge is -2.04. The molecule has 0 bridgehead atoms. The van der Waals surface area contributed by atoms with Crippen LogP contribution in [-0.2, 0) is 0 Å². The Bertz CT molecular complexity index is 506. The molecule has 1 N–H and O–H groups in total. The van der Waals surface area contributed by atoms with Crippen molar-refractivity contribution in [2.45, 2.75) is 6.92 Å². The van der Waals surface area contributed by atoms with Crippen molar-refractivity contribution in [3.8, 4) is 5.75 Å². The molecule has 0 aliphatic carbocycles. The van der Waals surface area contributed by atoms with Crippen LogP contribution in [0.3, 0.4) is 0 Å². The highest BCUT2D eigenvalue weighted by Crippen LogP contribution is 2.27. The summed E-state index contributed by atoms with van der Waals surface area (Å²) in [6.45, 7) is 1.74. The number of hydrogen-bond donors (Lipinski definition) is 1. The third-order valence-corrected chi connectivity index (χ3v) is 2.21. The van der Waals surface area contributed by atoms with Crippen molar-refractivity contribution in [3.63, 3.8) is 0 Å². The first-order valence-electron chi connectivity index (χ1n) is 4.17. The first kappa shape index (κ1) is 8.94. The number of hydrogen-bond acceptors (Lipinski definition) is 1. The van der Waals surface area contributed by atoms with E-state index in [-0.39, 0.29) is 11.1 Å². The lowest BCUT2D eigenvalue weighted by Crippen LogP contribution is -1.87. The van der Waals surface area contributed by atoms with Gasteiger partial charge in [-0.1, -0.05) is 6.07 Å². The summed E-state index contributed by atoms with van der Waals surface area (Å²) in [6, 6.07) is 5.32. The number of aromatic hydroxyl groups is 1. The minimum atomic E-state index is -0.915. The van der Waals surface area contributed by atoms with Crippen LogP contribution in [0.15, 0.2) is 24.3 Å². The van der Waals surface area contributed by atoms with Gasteiger partial charge in [0.15, 0.2) is 11.6 Å². The highest BCUT2D eigenvalue weighted by atomic mass is 19.2. The largest absolute Gasteiger partial charge is 0.508 e. The summed E-state index contributed by atoms with van der Waals surface area (Å²) in [5.41, 5.74) is 0.721. The molecule has 0 spiro atoms. The van der Waals surface area contributed by atoms with Gasteiger partial charge in [-0.3, -0.25) is 0 Å². The predicted octanol–water partition coefficient (Wildman–Crippen LogP) is 3.13. The van der Waals surface area contributed by atoms with E-state index in [4.69, 9.17) is 0 Å². The number of aryl methyl sites for hydroxylation is 1. The van der Waals surface area contributed by atoms with E-state index in [9.17, 15) is 13.9 Å². The van der Waals surface area contributed by atoms with Crippen LogP contribution in [0.2, 0.25) is 0 Å². The first-order valence-corrected chi connectivity index (χ1v) is 4.17. The molecular weight excluding hydrogens is 186 g/mol. The van der Waals surface area contributed by atoms with E-state index in [0.717, 1.165) is 11.6 Å². The molecule has 0 saturated carbocycles. The van der Waals surface area contributed by atoms with Crippen LogP contribution in [0, 0.1) is 18.6 Å². The van der Waals surface area contributed by atoms with E-state index in [0.29, 0.717) is 5.39 Å². The van der Waals surface area contributed by atoms with Crippen molar-refractivity contribution in [2.75, 3.05) is 0 Å². The summed E-state index contributed by atoms with van der Waals surface area (Å²) in [6.07, 6.45) is 0. The van der Waals surface area contributed by atoms with E-state index < -0.39 is 11.6 Å². The molecule has 0 aliphatic heterocycles. The van der Waals surface area contributed by atoms with Crippen LogP contribution in [0.5, 0.6) is 5.75 Å². The van der Waals surface area contributed by atoms with Gasteiger partial charge in [-0.05, 0) is 36.1 Å². The van der Waals surface area contributed by atoms with Crippen molar-refractivity contribution in [1.82, 2.24) is 0 Å². The number of phenolic OH excluding ortho intramolecular Hbond substituents is 1. The van der Waals surface area contributed by atoms with E-state index >= 15 is 0 Å². The monoisotopic (exact) mass is 194 g/mol. The van der Waals surface area contributed by atoms with Gasteiger partial charge in [0, 0.05) is 5.39 Å². The zero-order chi connectivity index (χ0) is 10.3. The van der Waals surface area contributed by atoms with Crippen LogP contribution >= 0.6 is 0 Å². The van der Waals surface area contributed by atoms with E-state index in [1.807, 2.05) is 0 Å². The molecule has 0 unspecified atom stereocenters. The summed E-state index contributed by atoms with van der Waals surface area (Å²) in [5.74, 6) is -1.87. The lowest BCUT2D eigenvalue weighted by atomic mass is 10.0. The molecule has 0 saturated heterocycles. The SMILES string of the molecule is Cc1cc(O)cc2c(F)c(F)ccc12. The van der Waals surface area contributed by atoms with Gasteiger partial charge in [0.1, 0.15) is 5.75 Å². The summed E-state index contributed by atoms with van der Waals surface area (Å²) < 4.78 is 26.1. The Hall–Kier alpha value is -1.64. The van der Waals surface area contributed by atoms with Gasteiger partial charge in [-0.15, -0.1) is 0 Å². The Kier molecular flexibility index (Phi) is 1.88. The zero-order valence-electron chi connectivity index (χ0n) is 7.51. The van der Waals surface area contributed by atoms with Gasteiger partial charge in [0.05, 0.1) is 0 Å². The maximum Gasteiger partial charge on any atom is 0.166 e. The fourth-order valence-corrected chi connectivity index (χ4v) is 1.54. The standard InChI is InChI=1S/C11H8F2O/c1-6-4-7(14)5-9-8(6)2-3-10(12)11(9)13/h2-5,14H,1H3. The lowest BCUT2D eigenvalue weighted by molar-refractivity contribution is 0.474. The molecule has 0 fully saturated rings. The Balaban J connectivity index is 2.95. The minimum absolute atomic E-state index is 0.0560. The zero-order valence-corrected chi connectivity index (χ0v) is 7.51. The molecule has 0 radical (unpaired) electrons. The van der Waals surface area contributed by atoms with Crippen LogP contribution < -0.4 is 0 Å².